The number of hydrogen-bond acceptors (Lipinski definition) is 5. The lowest BCUT2D eigenvalue weighted by Crippen LogP contribution is -2.35. The van der Waals surface area contributed by atoms with Crippen molar-refractivity contribution in [1.29, 1.82) is 0 Å². The Morgan fingerprint density at radius 1 is 1.15 bits per heavy atom. The van der Waals surface area contributed by atoms with Crippen LogP contribution in [-0.2, 0) is 4.79 Å². The molecule has 7 heteroatoms. The van der Waals surface area contributed by atoms with E-state index in [2.05, 4.69) is 32.4 Å². The van der Waals surface area contributed by atoms with Crippen LogP contribution in [0.25, 0.3) is 0 Å². The quantitative estimate of drug-likeness (QED) is 0.866. The van der Waals surface area contributed by atoms with E-state index in [9.17, 15) is 9.59 Å². The Morgan fingerprint density at radius 3 is 2.59 bits per heavy atom. The fourth-order valence-corrected chi connectivity index (χ4v) is 3.30. The highest BCUT2D eigenvalue weighted by molar-refractivity contribution is 6.03. The maximum atomic E-state index is 12.7. The molecule has 3 rings (SSSR count). The molecule has 2 N–H and O–H groups in total. The third kappa shape index (κ3) is 5.03. The van der Waals surface area contributed by atoms with Crippen molar-refractivity contribution in [2.24, 2.45) is 5.92 Å². The molecule has 0 radical (unpaired) electrons. The first-order valence-corrected chi connectivity index (χ1v) is 9.20. The summed E-state index contributed by atoms with van der Waals surface area (Å²) in [5.74, 6) is 1.52. The van der Waals surface area contributed by atoms with Gasteiger partial charge in [-0.05, 0) is 43.9 Å². The third-order valence-corrected chi connectivity index (χ3v) is 4.48. The third-order valence-electron chi connectivity index (χ3n) is 4.48. The van der Waals surface area contributed by atoms with Gasteiger partial charge in [-0.2, -0.15) is 0 Å². The molecule has 2 aromatic rings. The van der Waals surface area contributed by atoms with E-state index in [0.29, 0.717) is 28.8 Å². The first kappa shape index (κ1) is 18.8. The highest BCUT2D eigenvalue weighted by Crippen LogP contribution is 2.22. The van der Waals surface area contributed by atoms with Gasteiger partial charge < -0.3 is 15.5 Å². The molecule has 1 saturated heterocycles. The summed E-state index contributed by atoms with van der Waals surface area (Å²) >= 11 is 0. The molecule has 7 nitrogen and oxygen atoms in total. The van der Waals surface area contributed by atoms with Crippen molar-refractivity contribution in [3.8, 4) is 0 Å². The van der Waals surface area contributed by atoms with E-state index in [0.717, 1.165) is 25.3 Å². The molecule has 1 fully saturated rings. The van der Waals surface area contributed by atoms with Gasteiger partial charge in [0.25, 0.3) is 5.91 Å². The number of hydrogen-bond donors (Lipinski definition) is 2. The molecule has 0 aliphatic carbocycles. The van der Waals surface area contributed by atoms with Gasteiger partial charge in [-0.25, -0.2) is 9.97 Å². The number of benzene rings is 1. The average Bonchev–Trinajstić information content (AvgIpc) is 2.61. The van der Waals surface area contributed by atoms with E-state index >= 15 is 0 Å². The Bertz CT molecular complexity index is 852. The van der Waals surface area contributed by atoms with Crippen LogP contribution in [0.3, 0.4) is 0 Å². The number of carbonyl (C=O) groups is 2. The summed E-state index contributed by atoms with van der Waals surface area (Å²) in [7, 11) is 0. The van der Waals surface area contributed by atoms with Crippen LogP contribution in [0.5, 0.6) is 0 Å². The van der Waals surface area contributed by atoms with E-state index in [1.54, 1.807) is 37.3 Å². The zero-order chi connectivity index (χ0) is 19.4. The van der Waals surface area contributed by atoms with Crippen molar-refractivity contribution in [2.45, 2.75) is 33.6 Å². The first-order valence-electron chi connectivity index (χ1n) is 9.20. The Labute approximate surface area is 159 Å². The van der Waals surface area contributed by atoms with Crippen LogP contribution in [0.2, 0.25) is 0 Å². The first-order chi connectivity index (χ1) is 12.9. The topological polar surface area (TPSA) is 87.2 Å². The summed E-state index contributed by atoms with van der Waals surface area (Å²) in [6, 6.07) is 8.76. The van der Waals surface area contributed by atoms with Crippen LogP contribution < -0.4 is 15.5 Å². The van der Waals surface area contributed by atoms with E-state index < -0.39 is 0 Å². The number of amides is 2. The number of nitrogens with one attached hydrogen (secondary N) is 2. The number of rotatable bonds is 4. The van der Waals surface area contributed by atoms with E-state index in [-0.39, 0.29) is 11.8 Å². The van der Waals surface area contributed by atoms with E-state index in [1.165, 1.54) is 13.3 Å². The predicted molar refractivity (Wildman–Crippen MR) is 106 cm³/mol. The maximum absolute atomic E-state index is 12.7. The summed E-state index contributed by atoms with van der Waals surface area (Å²) in [4.78, 5) is 34.9. The molecule has 1 atom stereocenters. The number of anilines is 3. The summed E-state index contributed by atoms with van der Waals surface area (Å²) < 4.78 is 0. The summed E-state index contributed by atoms with van der Waals surface area (Å²) in [6.45, 7) is 7.36. The van der Waals surface area contributed by atoms with Gasteiger partial charge in [0.2, 0.25) is 5.91 Å². The fraction of sp³-hybridized carbons (Fsp3) is 0.400. The number of aryl methyl sites for hydroxylation is 1. The molecule has 1 aromatic heterocycles. The minimum atomic E-state index is -0.299. The summed E-state index contributed by atoms with van der Waals surface area (Å²) in [5, 5.41) is 5.54. The van der Waals surface area contributed by atoms with E-state index in [4.69, 9.17) is 0 Å². The normalized spacial score (nSPS) is 16.7. The van der Waals surface area contributed by atoms with Gasteiger partial charge in [0.15, 0.2) is 0 Å². The standard InChI is InChI=1S/C20H25N5O2/c1-13-6-5-9-25(12-13)19-11-18(21-14(2)22-19)20(27)24-17-8-4-7-16(10-17)23-15(3)26/h4,7-8,10-11,13H,5-6,9,12H2,1-3H3,(H,23,26)(H,24,27). The van der Waals surface area contributed by atoms with Gasteiger partial charge >= 0.3 is 0 Å². The second-order valence-electron chi connectivity index (χ2n) is 7.07. The lowest BCUT2D eigenvalue weighted by Gasteiger charge is -2.32. The summed E-state index contributed by atoms with van der Waals surface area (Å²) in [6.07, 6.45) is 2.35. The minimum absolute atomic E-state index is 0.162. The molecule has 1 unspecified atom stereocenters. The minimum Gasteiger partial charge on any atom is -0.356 e. The number of nitrogens with zero attached hydrogens (tertiary/aromatic N) is 3. The molecular weight excluding hydrogens is 342 g/mol. The Morgan fingerprint density at radius 2 is 1.89 bits per heavy atom. The Hall–Kier alpha value is -2.96. The second-order valence-corrected chi connectivity index (χ2v) is 7.07. The van der Waals surface area contributed by atoms with Crippen LogP contribution in [0, 0.1) is 12.8 Å². The van der Waals surface area contributed by atoms with Crippen LogP contribution in [0.15, 0.2) is 30.3 Å². The molecule has 0 bridgehead atoms. The molecule has 1 aliphatic rings. The predicted octanol–water partition coefficient (Wildman–Crippen LogP) is 3.23. The molecular formula is C20H25N5O2. The number of piperidine rings is 1. The SMILES string of the molecule is CC(=O)Nc1cccc(NC(=O)c2cc(N3CCCC(C)C3)nc(C)n2)c1. The zero-order valence-electron chi connectivity index (χ0n) is 16.0. The lowest BCUT2D eigenvalue weighted by atomic mass is 10.0. The maximum Gasteiger partial charge on any atom is 0.274 e. The van der Waals surface area contributed by atoms with Crippen LogP contribution >= 0.6 is 0 Å². The molecule has 1 aliphatic heterocycles. The molecule has 2 heterocycles. The zero-order valence-corrected chi connectivity index (χ0v) is 16.0. The van der Waals surface area contributed by atoms with Crippen LogP contribution in [0.4, 0.5) is 17.2 Å². The van der Waals surface area contributed by atoms with Gasteiger partial charge in [-0.1, -0.05) is 13.0 Å². The smallest absolute Gasteiger partial charge is 0.274 e. The van der Waals surface area contributed by atoms with Gasteiger partial charge in [-0.15, -0.1) is 0 Å². The van der Waals surface area contributed by atoms with E-state index in [1.807, 2.05) is 0 Å². The van der Waals surface area contributed by atoms with Crippen LogP contribution in [0.1, 0.15) is 43.0 Å². The van der Waals surface area contributed by atoms with Gasteiger partial charge in [-0.3, -0.25) is 9.59 Å². The average molecular weight is 367 g/mol. The van der Waals surface area contributed by atoms with Crippen molar-refractivity contribution in [2.75, 3.05) is 28.6 Å². The lowest BCUT2D eigenvalue weighted by molar-refractivity contribution is -0.114. The molecule has 142 valence electrons. The second kappa shape index (κ2) is 8.16. The molecule has 0 spiro atoms. The van der Waals surface area contributed by atoms with Gasteiger partial charge in [0.1, 0.15) is 17.3 Å². The van der Waals surface area contributed by atoms with Gasteiger partial charge in [0, 0.05) is 37.5 Å². The fourth-order valence-electron chi connectivity index (χ4n) is 3.30. The highest BCUT2D eigenvalue weighted by atomic mass is 16.2. The molecule has 27 heavy (non-hydrogen) atoms. The highest BCUT2D eigenvalue weighted by Gasteiger charge is 2.20. The molecule has 1 aromatic carbocycles. The Kier molecular flexibility index (Phi) is 5.69. The van der Waals surface area contributed by atoms with Crippen molar-refractivity contribution < 1.29 is 9.59 Å². The van der Waals surface area contributed by atoms with Crippen molar-refractivity contribution in [3.63, 3.8) is 0 Å². The monoisotopic (exact) mass is 367 g/mol. The van der Waals surface area contributed by atoms with Crippen LogP contribution in [-0.4, -0.2) is 34.9 Å². The van der Waals surface area contributed by atoms with Crippen molar-refractivity contribution >= 4 is 29.0 Å². The van der Waals surface area contributed by atoms with Crippen molar-refractivity contribution in [3.05, 3.63) is 41.9 Å². The largest absolute Gasteiger partial charge is 0.356 e. The number of carbonyl (C=O) groups excluding carboxylic acids is 2. The molecule has 2 amide bonds. The van der Waals surface area contributed by atoms with Crippen molar-refractivity contribution in [1.82, 2.24) is 9.97 Å². The van der Waals surface area contributed by atoms with Gasteiger partial charge in [0.05, 0.1) is 0 Å². The summed E-state index contributed by atoms with van der Waals surface area (Å²) in [5.41, 5.74) is 1.55. The molecule has 0 saturated carbocycles. The number of aromatic nitrogens is 2. The Balaban J connectivity index is 1.77.